The average molecular weight is 296 g/mol. The quantitative estimate of drug-likeness (QED) is 0.420. The Morgan fingerprint density at radius 2 is 2.00 bits per heavy atom. The smallest absolute Gasteiger partial charge is 0.230 e. The van der Waals surface area contributed by atoms with Gasteiger partial charge in [-0.05, 0) is 12.1 Å². The third-order valence-electron chi connectivity index (χ3n) is 2.71. The first kappa shape index (κ1) is 17.1. The number of para-hydroxylation sites is 1. The molecule has 0 unspecified atom stereocenters. The van der Waals surface area contributed by atoms with Crippen molar-refractivity contribution >= 4 is 17.6 Å². The molecule has 0 aliphatic rings. The van der Waals surface area contributed by atoms with Crippen LogP contribution in [0.3, 0.4) is 0 Å². The van der Waals surface area contributed by atoms with Gasteiger partial charge < -0.3 is 30.4 Å². The highest BCUT2D eigenvalue weighted by Gasteiger charge is 2.18. The van der Waals surface area contributed by atoms with Crippen LogP contribution in [-0.2, 0) is 14.3 Å². The lowest BCUT2D eigenvalue weighted by atomic mass is 10.2. The van der Waals surface area contributed by atoms with E-state index in [0.29, 0.717) is 18.8 Å². The van der Waals surface area contributed by atoms with E-state index in [1.165, 1.54) is 5.32 Å². The van der Waals surface area contributed by atoms with E-state index >= 15 is 0 Å². The van der Waals surface area contributed by atoms with Gasteiger partial charge in [-0.2, -0.15) is 0 Å². The van der Waals surface area contributed by atoms with Crippen LogP contribution in [0.4, 0.5) is 5.69 Å². The molecule has 7 heteroatoms. The zero-order chi connectivity index (χ0) is 15.5. The van der Waals surface area contributed by atoms with Crippen LogP contribution < -0.4 is 15.7 Å². The molecule has 0 radical (unpaired) electrons. The van der Waals surface area contributed by atoms with Gasteiger partial charge in [-0.25, -0.2) is 0 Å². The van der Waals surface area contributed by atoms with Crippen molar-refractivity contribution < 1.29 is 29.9 Å². The molecule has 4 N–H and O–H groups in total. The highest BCUT2D eigenvalue weighted by molar-refractivity contribution is 5.93. The van der Waals surface area contributed by atoms with Crippen LogP contribution >= 0.6 is 0 Å². The van der Waals surface area contributed by atoms with E-state index < -0.39 is 12.0 Å². The number of carbonyl (C=O) groups is 2. The van der Waals surface area contributed by atoms with Crippen LogP contribution in [0.15, 0.2) is 30.3 Å². The van der Waals surface area contributed by atoms with Crippen molar-refractivity contribution in [1.82, 2.24) is 0 Å². The van der Waals surface area contributed by atoms with Gasteiger partial charge in [0.05, 0.1) is 38.8 Å². The number of hydrogen-bond donors (Lipinski definition) is 3. The molecule has 1 amide bonds. The minimum absolute atomic E-state index is 0.0800. The Labute approximate surface area is 122 Å². The molecule has 7 nitrogen and oxygen atoms in total. The number of quaternary nitrogens is 1. The lowest BCUT2D eigenvalue weighted by Crippen LogP contribution is -2.94. The maximum absolute atomic E-state index is 11.8. The van der Waals surface area contributed by atoms with E-state index in [0.717, 1.165) is 0 Å². The van der Waals surface area contributed by atoms with E-state index in [1.807, 2.05) is 6.07 Å². The van der Waals surface area contributed by atoms with Gasteiger partial charge in [-0.3, -0.25) is 4.79 Å². The van der Waals surface area contributed by atoms with Crippen molar-refractivity contribution in [1.29, 1.82) is 0 Å². The second-order valence-electron chi connectivity index (χ2n) is 4.40. The lowest BCUT2D eigenvalue weighted by Gasteiger charge is -2.16. The molecule has 0 bridgehead atoms. The number of aliphatic hydroxyl groups is 1. The molecule has 0 aliphatic carbocycles. The lowest BCUT2D eigenvalue weighted by molar-refractivity contribution is -0.683. The summed E-state index contributed by atoms with van der Waals surface area (Å²) in [7, 11) is 0. The fourth-order valence-corrected chi connectivity index (χ4v) is 1.72. The van der Waals surface area contributed by atoms with Crippen LogP contribution in [0.25, 0.3) is 0 Å². The molecule has 0 aromatic heterocycles. The molecule has 0 aliphatic heterocycles. The van der Waals surface area contributed by atoms with E-state index in [4.69, 9.17) is 9.84 Å². The second kappa shape index (κ2) is 9.87. The molecule has 1 aromatic rings. The molecular weight excluding hydrogens is 276 g/mol. The van der Waals surface area contributed by atoms with Gasteiger partial charge >= 0.3 is 0 Å². The number of carboxylic acid groups (broad SMARTS) is 1. The summed E-state index contributed by atoms with van der Waals surface area (Å²) in [6.45, 7) is 0.795. The third kappa shape index (κ3) is 7.40. The first-order valence-corrected chi connectivity index (χ1v) is 6.71. The predicted octanol–water partition coefficient (Wildman–Crippen LogP) is -2.29. The molecule has 116 valence electrons. The number of rotatable bonds is 10. The summed E-state index contributed by atoms with van der Waals surface area (Å²) in [5.74, 6) is -1.68. The second-order valence-corrected chi connectivity index (χ2v) is 4.40. The normalized spacial score (nSPS) is 11.9. The highest BCUT2D eigenvalue weighted by atomic mass is 16.5. The Balaban J connectivity index is 2.36. The molecular formula is C14H20N2O5. The van der Waals surface area contributed by atoms with Crippen molar-refractivity contribution in [2.24, 2.45) is 0 Å². The summed E-state index contributed by atoms with van der Waals surface area (Å²) < 4.78 is 5.02. The Morgan fingerprint density at radius 1 is 1.29 bits per heavy atom. The Morgan fingerprint density at radius 3 is 2.62 bits per heavy atom. The number of amides is 1. The molecule has 21 heavy (non-hydrogen) atoms. The zero-order valence-corrected chi connectivity index (χ0v) is 11.7. The first-order chi connectivity index (χ1) is 10.1. The minimum Gasteiger partial charge on any atom is -0.544 e. The van der Waals surface area contributed by atoms with Crippen LogP contribution in [0.2, 0.25) is 0 Å². The van der Waals surface area contributed by atoms with Gasteiger partial charge in [0.25, 0.3) is 0 Å². The van der Waals surface area contributed by atoms with Gasteiger partial charge in [-0.15, -0.1) is 0 Å². The van der Waals surface area contributed by atoms with Gasteiger partial charge in [0.1, 0.15) is 6.04 Å². The molecule has 1 rings (SSSR count). The van der Waals surface area contributed by atoms with Crippen molar-refractivity contribution in [3.63, 3.8) is 0 Å². The number of ether oxygens (including phenoxy) is 1. The number of carbonyl (C=O) groups excluding carboxylic acids is 2. The fourth-order valence-electron chi connectivity index (χ4n) is 1.72. The minimum atomic E-state index is -1.29. The number of nitrogens with one attached hydrogen (secondary N) is 1. The predicted molar refractivity (Wildman–Crippen MR) is 73.2 cm³/mol. The number of aliphatic carboxylic acids is 1. The average Bonchev–Trinajstić information content (AvgIpc) is 2.46. The van der Waals surface area contributed by atoms with Gasteiger partial charge in [0.15, 0.2) is 0 Å². The summed E-state index contributed by atoms with van der Waals surface area (Å²) in [5, 5.41) is 23.6. The third-order valence-corrected chi connectivity index (χ3v) is 2.71. The topological polar surface area (TPSA) is 115 Å². The number of aliphatic hydroxyl groups excluding tert-OH is 1. The van der Waals surface area contributed by atoms with Crippen molar-refractivity contribution in [3.05, 3.63) is 30.3 Å². The number of hydrogen-bond acceptors (Lipinski definition) is 5. The van der Waals surface area contributed by atoms with Gasteiger partial charge in [0, 0.05) is 5.69 Å². The molecule has 0 saturated carbocycles. The summed E-state index contributed by atoms with van der Waals surface area (Å²) in [5.41, 5.74) is 0.617. The van der Waals surface area contributed by atoms with Crippen LogP contribution in [-0.4, -0.2) is 49.4 Å². The summed E-state index contributed by atoms with van der Waals surface area (Å²) >= 11 is 0. The number of benzene rings is 1. The summed E-state index contributed by atoms with van der Waals surface area (Å²) in [6, 6.07) is 7.84. The maximum Gasteiger partial charge on any atom is 0.230 e. The van der Waals surface area contributed by atoms with Crippen LogP contribution in [0.5, 0.6) is 0 Å². The van der Waals surface area contributed by atoms with E-state index in [2.05, 4.69) is 5.32 Å². The van der Waals surface area contributed by atoms with Crippen molar-refractivity contribution in [2.75, 3.05) is 31.7 Å². The largest absolute Gasteiger partial charge is 0.544 e. The van der Waals surface area contributed by atoms with Crippen molar-refractivity contribution in [3.8, 4) is 0 Å². The molecule has 1 aromatic carbocycles. The van der Waals surface area contributed by atoms with Crippen molar-refractivity contribution in [2.45, 2.75) is 12.5 Å². The fraction of sp³-hybridized carbons (Fsp3) is 0.429. The van der Waals surface area contributed by atoms with E-state index in [9.17, 15) is 14.7 Å². The Kier molecular flexibility index (Phi) is 8.03. The van der Waals surface area contributed by atoms with Gasteiger partial charge in [0.2, 0.25) is 5.91 Å². The molecule has 0 fully saturated rings. The molecule has 0 spiro atoms. The Bertz CT molecular complexity index is 438. The summed E-state index contributed by atoms with van der Waals surface area (Å²) in [4.78, 5) is 22.8. The van der Waals surface area contributed by atoms with Crippen LogP contribution in [0.1, 0.15) is 6.42 Å². The number of nitrogens with two attached hydrogens (primary N) is 1. The molecule has 0 saturated heterocycles. The number of carboxylic acids is 1. The van der Waals surface area contributed by atoms with Crippen LogP contribution in [0, 0.1) is 0 Å². The maximum atomic E-state index is 11.8. The zero-order valence-electron chi connectivity index (χ0n) is 11.7. The first-order valence-electron chi connectivity index (χ1n) is 6.71. The Hall–Kier alpha value is -1.96. The molecule has 0 heterocycles. The van der Waals surface area contributed by atoms with Gasteiger partial charge in [-0.1, -0.05) is 18.2 Å². The van der Waals surface area contributed by atoms with E-state index in [1.54, 1.807) is 24.3 Å². The highest BCUT2D eigenvalue weighted by Crippen LogP contribution is 2.05. The number of anilines is 1. The molecule has 1 atom stereocenters. The standard InChI is InChI=1S/C14H20N2O5/c17-7-9-21-8-6-15-12(14(19)20)10-13(18)16-11-4-2-1-3-5-11/h1-5,12,15,17H,6-10H2,(H,16,18)(H,19,20)/t12-/m1/s1. The summed E-state index contributed by atoms with van der Waals surface area (Å²) in [6.07, 6.45) is -0.183. The van der Waals surface area contributed by atoms with E-state index in [-0.39, 0.29) is 25.5 Å². The SMILES string of the molecule is O=C(C[C@@H]([NH2+]CCOCCO)C(=O)[O-])Nc1ccccc1. The monoisotopic (exact) mass is 296 g/mol.